The first-order valence-corrected chi connectivity index (χ1v) is 8.99. The second-order valence-electron chi connectivity index (χ2n) is 6.75. The fraction of sp³-hybridized carbons (Fsp3) is 0.333. The molecule has 26 heavy (non-hydrogen) atoms. The van der Waals surface area contributed by atoms with Crippen molar-refractivity contribution >= 4 is 11.4 Å². The van der Waals surface area contributed by atoms with Crippen LogP contribution in [0.25, 0.3) is 5.65 Å². The normalized spacial score (nSPS) is 18.9. The largest absolute Gasteiger partial charge is 0.490 e. The molecule has 0 radical (unpaired) electrons. The van der Waals surface area contributed by atoms with Gasteiger partial charge in [-0.25, -0.2) is 4.98 Å². The molecule has 5 nitrogen and oxygen atoms in total. The van der Waals surface area contributed by atoms with Crippen LogP contribution in [0, 0.1) is 6.92 Å². The Labute approximate surface area is 152 Å². The molecule has 0 amide bonds. The Kier molecular flexibility index (Phi) is 4.24. The Hall–Kier alpha value is -2.66. The number of pyridine rings is 1. The zero-order chi connectivity index (χ0) is 18.3. The van der Waals surface area contributed by atoms with Gasteiger partial charge in [0.2, 0.25) is 0 Å². The predicted octanol–water partition coefficient (Wildman–Crippen LogP) is 3.32. The average Bonchev–Trinajstić information content (AvgIpc) is 3.12. The van der Waals surface area contributed by atoms with E-state index in [0.29, 0.717) is 35.8 Å². The summed E-state index contributed by atoms with van der Waals surface area (Å²) in [5.74, 6) is 0.492. The number of hydrogen-bond acceptors (Lipinski definition) is 4. The smallest absolute Gasteiger partial charge is 0.182 e. The second kappa shape index (κ2) is 6.57. The van der Waals surface area contributed by atoms with Crippen LogP contribution in [0.5, 0.6) is 5.75 Å². The van der Waals surface area contributed by atoms with E-state index >= 15 is 0 Å². The molecule has 2 atom stereocenters. The fourth-order valence-electron chi connectivity index (χ4n) is 3.96. The molecule has 0 saturated heterocycles. The summed E-state index contributed by atoms with van der Waals surface area (Å²) in [5.41, 5.74) is 4.12. The van der Waals surface area contributed by atoms with Crippen LogP contribution in [-0.2, 0) is 6.42 Å². The predicted molar refractivity (Wildman–Crippen MR) is 98.9 cm³/mol. The summed E-state index contributed by atoms with van der Waals surface area (Å²) in [4.78, 5) is 17.7. The number of ether oxygens (including phenoxy) is 1. The summed E-state index contributed by atoms with van der Waals surface area (Å²) in [7, 11) is 0. The average molecular weight is 350 g/mol. The van der Waals surface area contributed by atoms with Crippen LogP contribution in [0.4, 0.5) is 0 Å². The number of nitrogens with zero attached hydrogens (tertiary/aromatic N) is 2. The van der Waals surface area contributed by atoms with Crippen molar-refractivity contribution in [3.8, 4) is 5.75 Å². The molecule has 0 spiro atoms. The number of aliphatic hydroxyl groups is 1. The first-order chi connectivity index (χ1) is 12.6. The standard InChI is InChI=1S/C21H22N2O3/c1-3-26-19-9-6-10-23-20(13(2)22-21(19)23)18(25)12-16-15-8-5-4-7-14(15)11-17(16)24/h4-10,16-17,24H,3,11-12H2,1-2H3/t16-,17+/m0/s1. The maximum absolute atomic E-state index is 13.1. The van der Waals surface area contributed by atoms with Gasteiger partial charge in [0.05, 0.1) is 18.4 Å². The SMILES string of the molecule is CCOc1cccn2c(C(=O)C[C@H]3c4ccccc4C[C@H]3O)c(C)nc12. The number of hydrogen-bond donors (Lipinski definition) is 1. The molecule has 0 unspecified atom stereocenters. The van der Waals surface area contributed by atoms with Gasteiger partial charge in [-0.1, -0.05) is 24.3 Å². The number of carbonyl (C=O) groups is 1. The monoisotopic (exact) mass is 350 g/mol. The highest BCUT2D eigenvalue weighted by Gasteiger charge is 2.33. The second-order valence-corrected chi connectivity index (χ2v) is 6.75. The first kappa shape index (κ1) is 16.8. The van der Waals surface area contributed by atoms with Gasteiger partial charge in [0.15, 0.2) is 17.2 Å². The first-order valence-electron chi connectivity index (χ1n) is 8.99. The quantitative estimate of drug-likeness (QED) is 0.717. The van der Waals surface area contributed by atoms with Crippen LogP contribution in [0.3, 0.4) is 0 Å². The van der Waals surface area contributed by atoms with E-state index in [1.807, 2.05) is 56.4 Å². The number of Topliss-reactive ketones (excluding diaryl/α,β-unsaturated/α-hetero) is 1. The Morgan fingerprint density at radius 3 is 2.92 bits per heavy atom. The van der Waals surface area contributed by atoms with Gasteiger partial charge in [-0.3, -0.25) is 9.20 Å². The number of benzene rings is 1. The van der Waals surface area contributed by atoms with Gasteiger partial charge in [-0.15, -0.1) is 0 Å². The number of fused-ring (bicyclic) bond motifs is 2. The Bertz CT molecular complexity index is 977. The minimum absolute atomic E-state index is 0.00981. The number of aryl methyl sites for hydroxylation is 1. The summed E-state index contributed by atoms with van der Waals surface area (Å²) in [5, 5.41) is 10.5. The number of carbonyl (C=O) groups excluding carboxylic acids is 1. The van der Waals surface area contributed by atoms with E-state index in [9.17, 15) is 9.90 Å². The summed E-state index contributed by atoms with van der Waals surface area (Å²) in [6.45, 7) is 4.30. The van der Waals surface area contributed by atoms with E-state index < -0.39 is 6.10 Å². The molecule has 0 aliphatic heterocycles. The van der Waals surface area contributed by atoms with Gasteiger partial charge < -0.3 is 9.84 Å². The molecule has 4 rings (SSSR count). The number of imidazole rings is 1. The van der Waals surface area contributed by atoms with E-state index in [-0.39, 0.29) is 18.1 Å². The molecule has 0 bridgehead atoms. The van der Waals surface area contributed by atoms with Gasteiger partial charge in [0.1, 0.15) is 5.69 Å². The third-order valence-electron chi connectivity index (χ3n) is 5.11. The number of aromatic nitrogens is 2. The highest BCUT2D eigenvalue weighted by molar-refractivity contribution is 5.97. The maximum atomic E-state index is 13.1. The van der Waals surface area contributed by atoms with Crippen molar-refractivity contribution in [1.29, 1.82) is 0 Å². The maximum Gasteiger partial charge on any atom is 0.182 e. The Morgan fingerprint density at radius 2 is 2.12 bits per heavy atom. The van der Waals surface area contributed by atoms with Gasteiger partial charge in [-0.2, -0.15) is 0 Å². The highest BCUT2D eigenvalue weighted by atomic mass is 16.5. The van der Waals surface area contributed by atoms with Crippen LogP contribution in [-0.4, -0.2) is 33.0 Å². The number of ketones is 1. The zero-order valence-corrected chi connectivity index (χ0v) is 15.0. The topological polar surface area (TPSA) is 63.8 Å². The van der Waals surface area contributed by atoms with Crippen molar-refractivity contribution in [2.75, 3.05) is 6.61 Å². The van der Waals surface area contributed by atoms with Gasteiger partial charge in [-0.05, 0) is 43.5 Å². The minimum Gasteiger partial charge on any atom is -0.490 e. The van der Waals surface area contributed by atoms with Crippen LogP contribution in [0.1, 0.15) is 46.6 Å². The Balaban J connectivity index is 1.69. The van der Waals surface area contributed by atoms with Crippen molar-refractivity contribution in [3.63, 3.8) is 0 Å². The van der Waals surface area contributed by atoms with Crippen molar-refractivity contribution in [2.45, 2.75) is 38.7 Å². The summed E-state index contributed by atoms with van der Waals surface area (Å²) >= 11 is 0. The summed E-state index contributed by atoms with van der Waals surface area (Å²) < 4.78 is 7.43. The lowest BCUT2D eigenvalue weighted by atomic mass is 9.93. The molecule has 1 aliphatic carbocycles. The molecule has 2 aromatic heterocycles. The zero-order valence-electron chi connectivity index (χ0n) is 15.0. The Morgan fingerprint density at radius 1 is 1.31 bits per heavy atom. The lowest BCUT2D eigenvalue weighted by Crippen LogP contribution is -2.18. The third kappa shape index (κ3) is 2.69. The molecular weight excluding hydrogens is 328 g/mol. The third-order valence-corrected chi connectivity index (χ3v) is 5.11. The van der Waals surface area contributed by atoms with Crippen LogP contribution in [0.15, 0.2) is 42.6 Å². The van der Waals surface area contributed by atoms with E-state index in [2.05, 4.69) is 4.98 Å². The number of rotatable bonds is 5. The minimum atomic E-state index is -0.519. The van der Waals surface area contributed by atoms with E-state index in [0.717, 1.165) is 11.1 Å². The van der Waals surface area contributed by atoms with E-state index in [4.69, 9.17) is 4.74 Å². The van der Waals surface area contributed by atoms with E-state index in [1.54, 1.807) is 4.40 Å². The number of aliphatic hydroxyl groups excluding tert-OH is 1. The van der Waals surface area contributed by atoms with Crippen molar-refractivity contribution in [2.24, 2.45) is 0 Å². The van der Waals surface area contributed by atoms with Crippen LogP contribution >= 0.6 is 0 Å². The lowest BCUT2D eigenvalue weighted by Gasteiger charge is -2.15. The molecule has 0 fully saturated rings. The van der Waals surface area contributed by atoms with Crippen molar-refractivity contribution < 1.29 is 14.6 Å². The lowest BCUT2D eigenvalue weighted by molar-refractivity contribution is 0.0915. The molecule has 2 heterocycles. The summed E-state index contributed by atoms with van der Waals surface area (Å²) in [6.07, 6.45) is 2.19. The van der Waals surface area contributed by atoms with Crippen LogP contribution < -0.4 is 4.74 Å². The molecule has 1 aliphatic rings. The molecule has 134 valence electrons. The van der Waals surface area contributed by atoms with Crippen LogP contribution in [0.2, 0.25) is 0 Å². The van der Waals surface area contributed by atoms with Gasteiger partial charge >= 0.3 is 0 Å². The molecule has 0 saturated carbocycles. The fourth-order valence-corrected chi connectivity index (χ4v) is 3.96. The molecule has 3 aromatic rings. The molecule has 1 aromatic carbocycles. The van der Waals surface area contributed by atoms with Gasteiger partial charge in [0.25, 0.3) is 0 Å². The highest BCUT2D eigenvalue weighted by Crippen LogP contribution is 2.37. The van der Waals surface area contributed by atoms with Gasteiger partial charge in [0, 0.05) is 18.5 Å². The molecule has 5 heteroatoms. The van der Waals surface area contributed by atoms with Crippen molar-refractivity contribution in [3.05, 3.63) is 65.1 Å². The summed E-state index contributed by atoms with van der Waals surface area (Å²) in [6, 6.07) is 11.7. The van der Waals surface area contributed by atoms with E-state index in [1.165, 1.54) is 0 Å². The molecule has 1 N–H and O–H groups in total. The molecular formula is C21H22N2O3. The van der Waals surface area contributed by atoms with Crippen molar-refractivity contribution in [1.82, 2.24) is 9.38 Å².